The maximum Gasteiger partial charge on any atom is 0.0431 e. The number of unbranched alkanes of at least 4 members (excludes halogenated alkanes) is 1. The summed E-state index contributed by atoms with van der Waals surface area (Å²) in [5.41, 5.74) is 0. The highest BCUT2D eigenvalue weighted by Gasteiger charge is 2.27. The molecule has 0 radical (unpaired) electrons. The van der Waals surface area contributed by atoms with Gasteiger partial charge < -0.3 is 15.3 Å². The first-order chi connectivity index (χ1) is 7.90. The van der Waals surface area contributed by atoms with Crippen LogP contribution in [0.3, 0.4) is 0 Å². The zero-order chi connectivity index (χ0) is 11.2. The molecule has 3 heteroatoms. The molecule has 0 saturated carbocycles. The predicted octanol–water partition coefficient (Wildman–Crippen LogP) is 1.22. The molecule has 3 nitrogen and oxygen atoms in total. The van der Waals surface area contributed by atoms with E-state index in [2.05, 4.69) is 10.2 Å². The van der Waals surface area contributed by atoms with Gasteiger partial charge in [-0.25, -0.2) is 0 Å². The average molecular weight is 226 g/mol. The van der Waals surface area contributed by atoms with Gasteiger partial charge in [0.1, 0.15) is 0 Å². The maximum atomic E-state index is 8.75. The van der Waals surface area contributed by atoms with E-state index in [0.717, 1.165) is 24.8 Å². The molecule has 2 fully saturated rings. The number of aliphatic hydroxyl groups excluding tert-OH is 1. The minimum Gasteiger partial charge on any atom is -0.396 e. The minimum atomic E-state index is 0.350. The lowest BCUT2D eigenvalue weighted by Gasteiger charge is -2.34. The maximum absolute atomic E-state index is 8.75. The van der Waals surface area contributed by atoms with Crippen LogP contribution in [0.4, 0.5) is 0 Å². The van der Waals surface area contributed by atoms with Gasteiger partial charge in [-0.15, -0.1) is 0 Å². The monoisotopic (exact) mass is 226 g/mol. The van der Waals surface area contributed by atoms with Crippen molar-refractivity contribution >= 4 is 0 Å². The van der Waals surface area contributed by atoms with Crippen LogP contribution in [0.2, 0.25) is 0 Å². The lowest BCUT2D eigenvalue weighted by Crippen LogP contribution is -2.41. The summed E-state index contributed by atoms with van der Waals surface area (Å²) in [6.07, 6.45) is 7.64. The van der Waals surface area contributed by atoms with Gasteiger partial charge in [0.2, 0.25) is 0 Å². The summed E-state index contributed by atoms with van der Waals surface area (Å²) >= 11 is 0. The van der Waals surface area contributed by atoms with E-state index in [4.69, 9.17) is 5.11 Å². The third-order valence-electron chi connectivity index (χ3n) is 4.18. The highest BCUT2D eigenvalue weighted by molar-refractivity contribution is 4.85. The van der Waals surface area contributed by atoms with E-state index in [1.165, 1.54) is 51.9 Å². The molecule has 0 spiro atoms. The molecule has 0 aromatic heterocycles. The van der Waals surface area contributed by atoms with Crippen LogP contribution in [0.1, 0.15) is 38.5 Å². The summed E-state index contributed by atoms with van der Waals surface area (Å²) in [7, 11) is 0. The Bertz CT molecular complexity index is 184. The summed E-state index contributed by atoms with van der Waals surface area (Å²) in [4.78, 5) is 2.57. The number of hydrogen-bond acceptors (Lipinski definition) is 3. The Hall–Kier alpha value is -0.120. The first-order valence-corrected chi connectivity index (χ1v) is 6.97. The largest absolute Gasteiger partial charge is 0.396 e. The normalized spacial score (nSPS) is 28.7. The molecule has 0 aromatic rings. The number of piperidine rings is 1. The SMILES string of the molecule is OCCCCN1CCC(C2CCCN2)CC1. The second-order valence-electron chi connectivity index (χ2n) is 5.31. The number of hydrogen-bond donors (Lipinski definition) is 2. The first kappa shape index (κ1) is 12.3. The van der Waals surface area contributed by atoms with Crippen molar-refractivity contribution in [1.82, 2.24) is 10.2 Å². The average Bonchev–Trinajstić information content (AvgIpc) is 2.84. The molecule has 2 aliphatic heterocycles. The van der Waals surface area contributed by atoms with E-state index in [0.29, 0.717) is 6.61 Å². The Balaban J connectivity index is 1.62. The molecule has 2 saturated heterocycles. The van der Waals surface area contributed by atoms with Crippen LogP contribution in [0, 0.1) is 5.92 Å². The van der Waals surface area contributed by atoms with Gasteiger partial charge in [0.15, 0.2) is 0 Å². The molecule has 0 bridgehead atoms. The van der Waals surface area contributed by atoms with Gasteiger partial charge in [0, 0.05) is 12.6 Å². The first-order valence-electron chi connectivity index (χ1n) is 6.97. The fourth-order valence-corrected chi connectivity index (χ4v) is 3.14. The summed E-state index contributed by atoms with van der Waals surface area (Å²) in [5.74, 6) is 0.927. The Labute approximate surface area is 99.2 Å². The van der Waals surface area contributed by atoms with Crippen LogP contribution in [0.25, 0.3) is 0 Å². The van der Waals surface area contributed by atoms with Crippen LogP contribution in [-0.2, 0) is 0 Å². The quantitative estimate of drug-likeness (QED) is 0.692. The molecule has 0 aliphatic carbocycles. The van der Waals surface area contributed by atoms with E-state index >= 15 is 0 Å². The highest BCUT2D eigenvalue weighted by atomic mass is 16.2. The Kier molecular flexibility index (Phi) is 5.07. The second kappa shape index (κ2) is 6.58. The van der Waals surface area contributed by atoms with Crippen molar-refractivity contribution in [1.29, 1.82) is 0 Å². The van der Waals surface area contributed by atoms with Crippen molar-refractivity contribution in [3.8, 4) is 0 Å². The molecule has 2 heterocycles. The fourth-order valence-electron chi connectivity index (χ4n) is 3.14. The van der Waals surface area contributed by atoms with E-state index in [1.807, 2.05) is 0 Å². The molecular weight excluding hydrogens is 200 g/mol. The molecule has 0 aromatic carbocycles. The van der Waals surface area contributed by atoms with Crippen LogP contribution < -0.4 is 5.32 Å². The summed E-state index contributed by atoms with van der Waals surface area (Å²) in [5, 5.41) is 12.4. The van der Waals surface area contributed by atoms with Gasteiger partial charge in [-0.05, 0) is 70.6 Å². The molecule has 1 unspecified atom stereocenters. The van der Waals surface area contributed by atoms with Gasteiger partial charge in [-0.3, -0.25) is 0 Å². The van der Waals surface area contributed by atoms with Crippen LogP contribution in [-0.4, -0.2) is 48.8 Å². The van der Waals surface area contributed by atoms with Crippen LogP contribution in [0.15, 0.2) is 0 Å². The van der Waals surface area contributed by atoms with Crippen molar-refractivity contribution in [2.75, 3.05) is 32.8 Å². The lowest BCUT2D eigenvalue weighted by atomic mass is 9.88. The van der Waals surface area contributed by atoms with Crippen molar-refractivity contribution in [3.63, 3.8) is 0 Å². The topological polar surface area (TPSA) is 35.5 Å². The zero-order valence-electron chi connectivity index (χ0n) is 10.3. The molecule has 2 rings (SSSR count). The molecule has 16 heavy (non-hydrogen) atoms. The molecule has 2 N–H and O–H groups in total. The third-order valence-corrected chi connectivity index (χ3v) is 4.18. The molecule has 0 amide bonds. The number of nitrogens with zero attached hydrogens (tertiary/aromatic N) is 1. The zero-order valence-corrected chi connectivity index (χ0v) is 10.3. The van der Waals surface area contributed by atoms with E-state index < -0.39 is 0 Å². The van der Waals surface area contributed by atoms with E-state index in [-0.39, 0.29) is 0 Å². The molecular formula is C13H26N2O. The van der Waals surface area contributed by atoms with E-state index in [9.17, 15) is 0 Å². The van der Waals surface area contributed by atoms with Crippen LogP contribution >= 0.6 is 0 Å². The Morgan fingerprint density at radius 2 is 1.94 bits per heavy atom. The Morgan fingerprint density at radius 1 is 1.12 bits per heavy atom. The van der Waals surface area contributed by atoms with Gasteiger partial charge in [-0.1, -0.05) is 0 Å². The van der Waals surface area contributed by atoms with Gasteiger partial charge in [-0.2, -0.15) is 0 Å². The third kappa shape index (κ3) is 3.44. The second-order valence-corrected chi connectivity index (χ2v) is 5.31. The highest BCUT2D eigenvalue weighted by Crippen LogP contribution is 2.25. The predicted molar refractivity (Wildman–Crippen MR) is 66.5 cm³/mol. The molecule has 2 aliphatic rings. The van der Waals surface area contributed by atoms with Crippen LogP contribution in [0.5, 0.6) is 0 Å². The minimum absolute atomic E-state index is 0.350. The number of likely N-dealkylation sites (tertiary alicyclic amines) is 1. The van der Waals surface area contributed by atoms with Gasteiger partial charge >= 0.3 is 0 Å². The Morgan fingerprint density at radius 3 is 2.56 bits per heavy atom. The van der Waals surface area contributed by atoms with Gasteiger partial charge in [0.25, 0.3) is 0 Å². The summed E-state index contributed by atoms with van der Waals surface area (Å²) in [6.45, 7) is 5.32. The van der Waals surface area contributed by atoms with E-state index in [1.54, 1.807) is 0 Å². The number of aliphatic hydroxyl groups is 1. The lowest BCUT2D eigenvalue weighted by molar-refractivity contribution is 0.157. The van der Waals surface area contributed by atoms with Crippen molar-refractivity contribution in [2.24, 2.45) is 5.92 Å². The number of nitrogens with one attached hydrogen (secondary N) is 1. The molecule has 94 valence electrons. The summed E-state index contributed by atoms with van der Waals surface area (Å²) < 4.78 is 0. The number of rotatable bonds is 5. The van der Waals surface area contributed by atoms with Crippen molar-refractivity contribution in [2.45, 2.75) is 44.6 Å². The van der Waals surface area contributed by atoms with Crippen molar-refractivity contribution in [3.05, 3.63) is 0 Å². The van der Waals surface area contributed by atoms with Gasteiger partial charge in [0.05, 0.1) is 0 Å². The molecule has 1 atom stereocenters. The fraction of sp³-hybridized carbons (Fsp3) is 1.00. The van der Waals surface area contributed by atoms with Crippen molar-refractivity contribution < 1.29 is 5.11 Å². The smallest absolute Gasteiger partial charge is 0.0431 e. The standard InChI is InChI=1S/C13H26N2O/c16-11-2-1-8-15-9-5-12(6-10-15)13-4-3-7-14-13/h12-14,16H,1-11H2. The summed E-state index contributed by atoms with van der Waals surface area (Å²) in [6, 6.07) is 0.819.